The van der Waals surface area contributed by atoms with E-state index in [1.807, 2.05) is 0 Å². The molecular weight excluding hydrogens is 806 g/mol. The highest BCUT2D eigenvalue weighted by Crippen LogP contribution is 2.69. The number of fused-ring (bicyclic) bond motifs is 10. The van der Waals surface area contributed by atoms with Crippen molar-refractivity contribution in [3.63, 3.8) is 0 Å². The fourth-order valence-corrected chi connectivity index (χ4v) is 17.6. The predicted octanol–water partition coefficient (Wildman–Crippen LogP) is 9.40. The zero-order chi connectivity index (χ0) is 40.5. The first-order chi connectivity index (χ1) is 27.2. The SMILES string of the molecule is C.C.CO[C@H]1C[C@@]2(C)[C@@H](CC[C@@H]3[C@@H]2CC[C@]2(C)[C@@H](C(=O)CBr)CC[C@@H]32)C[C@@H]1O.CO[C@H]1C[C@@]2(C)[C@@H](CC[C@@H]3[C@@H]2CC[C@]2(C)[C@@H](C(=O)CN4CCOCC4)CC[C@@H]32)C[C@@H]1O. The molecule has 0 aromatic rings. The molecule has 9 fully saturated rings. The first-order valence-corrected chi connectivity index (χ1v) is 24.7. The van der Waals surface area contributed by atoms with Crippen LogP contribution in [0.25, 0.3) is 0 Å². The molecule has 8 aliphatic carbocycles. The molecule has 2 N–H and O–H groups in total. The Morgan fingerprint density at radius 2 is 1.05 bits per heavy atom. The third-order valence-corrected chi connectivity index (χ3v) is 20.9. The summed E-state index contributed by atoms with van der Waals surface area (Å²) in [4.78, 5) is 28.3. The minimum Gasteiger partial charge on any atom is -0.390 e. The molecule has 0 spiro atoms. The molecule has 1 heterocycles. The monoisotopic (exact) mass is 892 g/mol. The van der Waals surface area contributed by atoms with Crippen molar-refractivity contribution >= 4 is 27.5 Å². The van der Waals surface area contributed by atoms with Crippen LogP contribution in [-0.2, 0) is 23.8 Å². The summed E-state index contributed by atoms with van der Waals surface area (Å²) in [7, 11) is 3.51. The summed E-state index contributed by atoms with van der Waals surface area (Å²) in [6.45, 7) is 13.8. The first-order valence-electron chi connectivity index (χ1n) is 23.5. The maximum absolute atomic E-state index is 13.4. The van der Waals surface area contributed by atoms with Crippen LogP contribution in [0.2, 0.25) is 0 Å². The Labute approximate surface area is 367 Å². The van der Waals surface area contributed by atoms with Gasteiger partial charge in [-0.2, -0.15) is 0 Å². The number of rotatable bonds is 7. The first kappa shape index (κ1) is 48.0. The van der Waals surface area contributed by atoms with Gasteiger partial charge < -0.3 is 24.4 Å². The highest BCUT2D eigenvalue weighted by atomic mass is 79.9. The van der Waals surface area contributed by atoms with E-state index >= 15 is 0 Å². The van der Waals surface area contributed by atoms with Crippen molar-refractivity contribution in [3.05, 3.63) is 0 Å². The van der Waals surface area contributed by atoms with E-state index in [-0.39, 0.29) is 67.3 Å². The Bertz CT molecular complexity index is 1460. The number of halogens is 1. The zero-order valence-corrected chi connectivity index (χ0v) is 38.0. The van der Waals surface area contributed by atoms with Crippen molar-refractivity contribution in [2.24, 2.45) is 80.8 Å². The van der Waals surface area contributed by atoms with Gasteiger partial charge in [-0.1, -0.05) is 58.5 Å². The number of morpholine rings is 1. The fourth-order valence-electron chi connectivity index (χ4n) is 17.2. The summed E-state index contributed by atoms with van der Waals surface area (Å²) in [5.74, 6) is 7.05. The van der Waals surface area contributed by atoms with Gasteiger partial charge in [0.1, 0.15) is 11.6 Å². The number of carbonyl (C=O) groups excluding carboxylic acids is 2. The largest absolute Gasteiger partial charge is 0.390 e. The fraction of sp³-hybridized carbons (Fsp3) is 0.960. The summed E-state index contributed by atoms with van der Waals surface area (Å²) < 4.78 is 16.9. The van der Waals surface area contributed by atoms with E-state index in [4.69, 9.17) is 14.2 Å². The number of methoxy groups -OCH3 is 2. The maximum atomic E-state index is 13.4. The van der Waals surface area contributed by atoms with Crippen molar-refractivity contribution in [2.45, 2.75) is 170 Å². The molecule has 9 rings (SSSR count). The number of aliphatic hydroxyl groups excluding tert-OH is 2. The highest BCUT2D eigenvalue weighted by molar-refractivity contribution is 9.09. The topological polar surface area (TPSA) is 106 Å². The van der Waals surface area contributed by atoms with Crippen LogP contribution >= 0.6 is 15.9 Å². The minimum absolute atomic E-state index is 0. The van der Waals surface area contributed by atoms with E-state index in [9.17, 15) is 19.8 Å². The summed E-state index contributed by atoms with van der Waals surface area (Å²) in [5.41, 5.74) is 0.967. The van der Waals surface area contributed by atoms with Gasteiger partial charge in [0.25, 0.3) is 0 Å². The van der Waals surface area contributed by atoms with Crippen LogP contribution in [0.15, 0.2) is 0 Å². The molecule has 0 aromatic carbocycles. The quantitative estimate of drug-likeness (QED) is 0.244. The molecule has 1 aliphatic heterocycles. The number of ether oxygens (including phenoxy) is 3. The molecule has 8 nitrogen and oxygen atoms in total. The van der Waals surface area contributed by atoms with Crippen LogP contribution in [0, 0.1) is 80.8 Å². The van der Waals surface area contributed by atoms with Crippen molar-refractivity contribution in [3.8, 4) is 0 Å². The van der Waals surface area contributed by atoms with Crippen LogP contribution in [0.4, 0.5) is 0 Å². The van der Waals surface area contributed by atoms with Gasteiger partial charge >= 0.3 is 0 Å². The number of carbonyl (C=O) groups is 2. The molecule has 0 radical (unpaired) electrons. The van der Waals surface area contributed by atoms with Gasteiger partial charge in [-0.25, -0.2) is 0 Å². The molecular formula is C50H86BrNO7. The summed E-state index contributed by atoms with van der Waals surface area (Å²) in [6.07, 6.45) is 17.8. The summed E-state index contributed by atoms with van der Waals surface area (Å²) in [6, 6.07) is 0. The van der Waals surface area contributed by atoms with Crippen LogP contribution in [0.1, 0.15) is 145 Å². The van der Waals surface area contributed by atoms with E-state index < -0.39 is 0 Å². The Hall–Kier alpha value is -0.420. The second-order valence-electron chi connectivity index (χ2n) is 22.2. The molecule has 340 valence electrons. The van der Waals surface area contributed by atoms with Gasteiger partial charge in [-0.05, 0) is 172 Å². The van der Waals surface area contributed by atoms with Gasteiger partial charge in [0.05, 0.1) is 49.5 Å². The normalized spacial score (nSPS) is 50.1. The van der Waals surface area contributed by atoms with Crippen molar-refractivity contribution in [1.29, 1.82) is 0 Å². The lowest BCUT2D eigenvalue weighted by atomic mass is 9.44. The van der Waals surface area contributed by atoms with Gasteiger partial charge in [-0.3, -0.25) is 14.5 Å². The molecule has 0 unspecified atom stereocenters. The third kappa shape index (κ3) is 8.17. The third-order valence-electron chi connectivity index (χ3n) is 20.3. The number of nitrogens with zero attached hydrogens (tertiary/aromatic N) is 1. The predicted molar refractivity (Wildman–Crippen MR) is 239 cm³/mol. The Balaban J connectivity index is 0.000000195. The van der Waals surface area contributed by atoms with Gasteiger partial charge in [0, 0.05) is 39.1 Å². The maximum Gasteiger partial charge on any atom is 0.150 e. The number of hydrogen-bond acceptors (Lipinski definition) is 8. The molecule has 59 heavy (non-hydrogen) atoms. The van der Waals surface area contributed by atoms with Gasteiger partial charge in [0.2, 0.25) is 0 Å². The lowest BCUT2D eigenvalue weighted by Gasteiger charge is -2.61. The van der Waals surface area contributed by atoms with Gasteiger partial charge in [0.15, 0.2) is 0 Å². The van der Waals surface area contributed by atoms with E-state index in [2.05, 4.69) is 48.5 Å². The standard InChI is InChI=1S/C26H43NO4.C22H35BrO3.2CH4/c1-25-9-8-20-18(5-4-17-14-22(28)24(30-3)15-26(17,20)2)19(25)6-7-21(25)23(29)16-27-10-12-31-13-11-27;1-21-9-8-16-14(15(21)6-7-17(21)19(25)12-23)5-4-13-10-18(24)20(26-3)11-22(13,16)2;;/h17-22,24,28H,4-16H2,1-3H3;13-18,20,24H,4-12H2,1-3H3;2*1H4/t17-,18-,19-,20-,21+,22-,24-,25-,26-;13-,14-,15-,16-,17+,18-,20-,21-,22-;;/m00../s1. The average Bonchev–Trinajstić information content (AvgIpc) is 3.75. The average molecular weight is 893 g/mol. The van der Waals surface area contributed by atoms with Crippen LogP contribution in [0.3, 0.4) is 0 Å². The van der Waals surface area contributed by atoms with E-state index in [0.717, 1.165) is 88.5 Å². The second-order valence-corrected chi connectivity index (χ2v) is 22.7. The smallest absolute Gasteiger partial charge is 0.150 e. The van der Waals surface area contributed by atoms with Crippen molar-refractivity contribution in [1.82, 2.24) is 4.90 Å². The summed E-state index contributed by atoms with van der Waals surface area (Å²) in [5, 5.41) is 21.5. The van der Waals surface area contributed by atoms with Crippen LogP contribution in [0.5, 0.6) is 0 Å². The molecule has 9 aliphatic rings. The zero-order valence-electron chi connectivity index (χ0n) is 36.4. The molecule has 9 heteroatoms. The number of aliphatic hydroxyl groups is 2. The molecule has 8 saturated carbocycles. The molecule has 0 aromatic heterocycles. The summed E-state index contributed by atoms with van der Waals surface area (Å²) >= 11 is 3.42. The Morgan fingerprint density at radius 3 is 1.47 bits per heavy atom. The van der Waals surface area contributed by atoms with E-state index in [0.29, 0.717) is 52.5 Å². The van der Waals surface area contributed by atoms with Crippen molar-refractivity contribution < 1.29 is 34.0 Å². The van der Waals surface area contributed by atoms with Crippen LogP contribution in [-0.4, -0.2) is 103 Å². The Kier molecular flexibility index (Phi) is 15.1. The second kappa shape index (κ2) is 18.6. The minimum atomic E-state index is -0.304. The molecule has 1 saturated heterocycles. The molecule has 18 atom stereocenters. The Morgan fingerprint density at radius 1 is 0.627 bits per heavy atom. The number of alkyl halides is 1. The van der Waals surface area contributed by atoms with Crippen molar-refractivity contribution in [2.75, 3.05) is 52.4 Å². The molecule has 0 amide bonds. The molecule has 0 bridgehead atoms. The van der Waals surface area contributed by atoms with E-state index in [1.165, 1.54) is 64.2 Å². The van der Waals surface area contributed by atoms with E-state index in [1.54, 1.807) is 14.2 Å². The highest BCUT2D eigenvalue weighted by Gasteiger charge is 2.64. The van der Waals surface area contributed by atoms with Crippen LogP contribution < -0.4 is 0 Å². The van der Waals surface area contributed by atoms with Gasteiger partial charge in [-0.15, -0.1) is 0 Å². The lowest BCUT2D eigenvalue weighted by Crippen LogP contribution is -2.57. The number of Topliss-reactive ketones (excluding diaryl/α,β-unsaturated/α-hetero) is 2. The number of hydrogen-bond donors (Lipinski definition) is 2. The lowest BCUT2D eigenvalue weighted by molar-refractivity contribution is -0.167. The number of ketones is 2.